The van der Waals surface area contributed by atoms with Gasteiger partial charge in [-0.2, -0.15) is 0 Å². The average molecular weight is 363 g/mol. The lowest BCUT2D eigenvalue weighted by Crippen LogP contribution is -2.39. The van der Waals surface area contributed by atoms with E-state index in [2.05, 4.69) is 24.5 Å². The van der Waals surface area contributed by atoms with Crippen LogP contribution in [0.1, 0.15) is 11.9 Å². The zero-order valence-corrected chi connectivity index (χ0v) is 12.7. The molecular weight excluding hydrogens is 349 g/mol. The number of fused-ring (bicyclic) bond motifs is 1. The number of nitrogen functional groups attached to an aromatic ring is 1. The minimum Gasteiger partial charge on any atom is -0.387 e. The van der Waals surface area contributed by atoms with Crippen molar-refractivity contribution in [1.82, 2.24) is 19.9 Å². The fourth-order valence-electron chi connectivity index (χ4n) is 2.35. The second-order valence-corrected chi connectivity index (χ2v) is 6.25. The molecule has 8 N–H and O–H groups in total. The molecule has 0 radical (unpaired) electrons. The van der Waals surface area contributed by atoms with Crippen LogP contribution in [-0.4, -0.2) is 69.6 Å². The van der Waals surface area contributed by atoms with Crippen LogP contribution in [0.3, 0.4) is 0 Å². The molecule has 0 aliphatic carbocycles. The van der Waals surface area contributed by atoms with Crippen LogP contribution in [0.4, 0.5) is 5.82 Å². The molecule has 1 unspecified atom stereocenters. The molecule has 0 spiro atoms. The topological polar surface area (TPSA) is 217 Å². The van der Waals surface area contributed by atoms with Gasteiger partial charge in [0.25, 0.3) is 0 Å². The molecule has 132 valence electrons. The van der Waals surface area contributed by atoms with Gasteiger partial charge in [-0.25, -0.2) is 19.5 Å². The van der Waals surface area contributed by atoms with Crippen LogP contribution >= 0.6 is 7.82 Å². The number of rotatable bonds is 4. The first kappa shape index (κ1) is 17.1. The van der Waals surface area contributed by atoms with Crippen LogP contribution in [0.15, 0.2) is 6.33 Å². The molecule has 3 heterocycles. The summed E-state index contributed by atoms with van der Waals surface area (Å²) in [6, 6.07) is 0. The number of phosphoric ester groups is 1. The van der Waals surface area contributed by atoms with Crippen molar-refractivity contribution in [2.75, 3.05) is 5.73 Å². The molecule has 1 aliphatic rings. The third-order valence-electron chi connectivity index (χ3n) is 3.41. The number of aliphatic hydroxyl groups excluding tert-OH is 3. The molecule has 0 aromatic carbocycles. The number of aromatic amines is 1. The third-order valence-corrected chi connectivity index (χ3v) is 3.90. The third kappa shape index (κ3) is 3.11. The van der Waals surface area contributed by atoms with Gasteiger partial charge in [-0.3, -0.25) is 4.52 Å². The van der Waals surface area contributed by atoms with Gasteiger partial charge in [-0.05, 0) is 0 Å². The summed E-state index contributed by atoms with van der Waals surface area (Å²) in [6.07, 6.45) is -7.12. The largest absolute Gasteiger partial charge is 0.472 e. The Morgan fingerprint density at radius 2 is 2.04 bits per heavy atom. The molecule has 14 heteroatoms. The van der Waals surface area contributed by atoms with E-state index in [1.807, 2.05) is 0 Å². The summed E-state index contributed by atoms with van der Waals surface area (Å²) < 4.78 is 20.0. The summed E-state index contributed by atoms with van der Waals surface area (Å²) in [7, 11) is -5.03. The Morgan fingerprint density at radius 1 is 1.33 bits per heavy atom. The zero-order chi connectivity index (χ0) is 17.6. The molecule has 1 fully saturated rings. The lowest BCUT2D eigenvalue weighted by Gasteiger charge is -2.21. The van der Waals surface area contributed by atoms with Crippen LogP contribution in [-0.2, 0) is 13.8 Å². The van der Waals surface area contributed by atoms with E-state index in [9.17, 15) is 19.9 Å². The monoisotopic (exact) mass is 363 g/mol. The maximum Gasteiger partial charge on any atom is 0.472 e. The first-order valence-corrected chi connectivity index (χ1v) is 8.10. The fourth-order valence-corrected chi connectivity index (χ4v) is 2.76. The normalized spacial score (nSPS) is 29.2. The van der Waals surface area contributed by atoms with Gasteiger partial charge in [-0.1, -0.05) is 0 Å². The molecule has 13 nitrogen and oxygen atoms in total. The Hall–Kier alpha value is -1.70. The molecule has 5 atom stereocenters. The lowest BCUT2D eigenvalue weighted by atomic mass is 10.1. The van der Waals surface area contributed by atoms with Crippen LogP contribution in [0.2, 0.25) is 0 Å². The Kier molecular flexibility index (Phi) is 4.27. The van der Waals surface area contributed by atoms with Crippen molar-refractivity contribution in [2.24, 2.45) is 0 Å². The van der Waals surface area contributed by atoms with Crippen molar-refractivity contribution < 1.29 is 38.9 Å². The van der Waals surface area contributed by atoms with E-state index in [4.69, 9.17) is 20.3 Å². The number of hydrogen-bond donors (Lipinski definition) is 7. The Bertz CT molecular complexity index is 795. The van der Waals surface area contributed by atoms with Crippen LogP contribution in [0.5, 0.6) is 0 Å². The molecule has 2 aromatic rings. The van der Waals surface area contributed by atoms with Gasteiger partial charge in [-0.15, -0.1) is 0 Å². The highest BCUT2D eigenvalue weighted by Crippen LogP contribution is 2.41. The van der Waals surface area contributed by atoms with Crippen LogP contribution in [0, 0.1) is 0 Å². The highest BCUT2D eigenvalue weighted by molar-refractivity contribution is 7.46. The van der Waals surface area contributed by atoms with E-state index in [1.165, 1.54) is 6.33 Å². The summed E-state index contributed by atoms with van der Waals surface area (Å²) in [6.45, 7) is 0. The van der Waals surface area contributed by atoms with Gasteiger partial charge in [0.1, 0.15) is 29.9 Å². The van der Waals surface area contributed by atoms with Crippen molar-refractivity contribution in [3.05, 3.63) is 12.2 Å². The van der Waals surface area contributed by atoms with E-state index in [-0.39, 0.29) is 17.3 Å². The van der Waals surface area contributed by atoms with Gasteiger partial charge in [0.15, 0.2) is 23.6 Å². The summed E-state index contributed by atoms with van der Waals surface area (Å²) >= 11 is 0. The van der Waals surface area contributed by atoms with Gasteiger partial charge < -0.3 is 40.6 Å². The second-order valence-electron chi connectivity index (χ2n) is 5.06. The first-order valence-electron chi connectivity index (χ1n) is 6.57. The predicted octanol–water partition coefficient (Wildman–Crippen LogP) is -2.48. The molecule has 0 bridgehead atoms. The van der Waals surface area contributed by atoms with Gasteiger partial charge in [0, 0.05) is 0 Å². The minimum atomic E-state index is -5.03. The van der Waals surface area contributed by atoms with Crippen molar-refractivity contribution in [1.29, 1.82) is 0 Å². The molecule has 24 heavy (non-hydrogen) atoms. The van der Waals surface area contributed by atoms with E-state index in [0.29, 0.717) is 5.52 Å². The Morgan fingerprint density at radius 3 is 2.71 bits per heavy atom. The van der Waals surface area contributed by atoms with E-state index in [0.717, 1.165) is 0 Å². The number of phosphoric acid groups is 1. The van der Waals surface area contributed by atoms with E-state index < -0.39 is 38.5 Å². The van der Waals surface area contributed by atoms with Crippen molar-refractivity contribution in [2.45, 2.75) is 30.7 Å². The van der Waals surface area contributed by atoms with Gasteiger partial charge in [0.2, 0.25) is 0 Å². The number of imidazole rings is 1. The molecule has 3 rings (SSSR count). The minimum absolute atomic E-state index is 0.0215. The maximum atomic E-state index is 10.8. The smallest absolute Gasteiger partial charge is 0.387 e. The number of H-pyrrole nitrogens is 1. The second kappa shape index (κ2) is 5.98. The number of aliphatic hydroxyl groups is 3. The number of hydrogen-bond acceptors (Lipinski definition) is 10. The SMILES string of the molecule is Nc1nc([C@@H]2O[C@H](C(O)OP(=O)(O)O)[C@@H](O)[C@@H]2O)nc2nc[nH]c12. The van der Waals surface area contributed by atoms with Crippen LogP contribution in [0.25, 0.3) is 11.2 Å². The van der Waals surface area contributed by atoms with Crippen molar-refractivity contribution >= 4 is 24.8 Å². The summed E-state index contributed by atoms with van der Waals surface area (Å²) in [4.78, 5) is 32.0. The number of anilines is 1. The summed E-state index contributed by atoms with van der Waals surface area (Å²) in [5.74, 6) is -0.0993. The van der Waals surface area contributed by atoms with Gasteiger partial charge >= 0.3 is 7.82 Å². The van der Waals surface area contributed by atoms with Crippen molar-refractivity contribution in [3.63, 3.8) is 0 Å². The zero-order valence-electron chi connectivity index (χ0n) is 11.8. The Labute approximate surface area is 133 Å². The fraction of sp³-hybridized carbons (Fsp3) is 0.500. The predicted molar refractivity (Wildman–Crippen MR) is 74.9 cm³/mol. The lowest BCUT2D eigenvalue weighted by molar-refractivity contribution is -0.154. The van der Waals surface area contributed by atoms with E-state index >= 15 is 0 Å². The number of aromatic nitrogens is 4. The molecule has 0 amide bonds. The molecule has 1 saturated heterocycles. The highest BCUT2D eigenvalue weighted by atomic mass is 31.2. The van der Waals surface area contributed by atoms with Crippen molar-refractivity contribution in [3.8, 4) is 0 Å². The maximum absolute atomic E-state index is 10.8. The first-order chi connectivity index (χ1) is 11.2. The van der Waals surface area contributed by atoms with Gasteiger partial charge in [0.05, 0.1) is 6.33 Å². The standard InChI is InChI=1S/C10H14N5O8P/c11-7-2-8(13-1-12-2)15-9(14-7)5-3(16)4(17)6(22-5)10(18)23-24(19,20)21/h1,3-6,10,16-18H,(H2,19,20,21)(H3,11,12,13,14,15)/t3-,4-,5+,6-,10?/m0/s1. The van der Waals surface area contributed by atoms with E-state index in [1.54, 1.807) is 0 Å². The molecule has 2 aromatic heterocycles. The number of ether oxygens (including phenoxy) is 1. The summed E-state index contributed by atoms with van der Waals surface area (Å²) in [5.41, 5.74) is 6.29. The van der Waals surface area contributed by atoms with Crippen LogP contribution < -0.4 is 5.73 Å². The molecule has 0 saturated carbocycles. The number of nitrogens with two attached hydrogens (primary N) is 1. The quantitative estimate of drug-likeness (QED) is 0.222. The highest BCUT2D eigenvalue weighted by Gasteiger charge is 2.49. The Balaban J connectivity index is 1.87. The summed E-state index contributed by atoms with van der Waals surface area (Å²) in [5, 5.41) is 29.6. The molecule has 1 aliphatic heterocycles. The molecular formula is C10H14N5O8P. The average Bonchev–Trinajstić information content (AvgIpc) is 3.04. The number of nitrogens with zero attached hydrogens (tertiary/aromatic N) is 3. The number of nitrogens with one attached hydrogen (secondary N) is 1.